The highest BCUT2D eigenvalue weighted by Gasteiger charge is 2.11. The Morgan fingerprint density at radius 3 is 2.88 bits per heavy atom. The molecule has 0 saturated carbocycles. The second-order valence-corrected chi connectivity index (χ2v) is 5.72. The normalized spacial score (nSPS) is 16.2. The van der Waals surface area contributed by atoms with Gasteiger partial charge in [0.25, 0.3) is 0 Å². The van der Waals surface area contributed by atoms with Crippen molar-refractivity contribution in [2.75, 3.05) is 0 Å². The van der Waals surface area contributed by atoms with Crippen molar-refractivity contribution in [2.24, 2.45) is 0 Å². The third kappa shape index (κ3) is 2.32. The lowest BCUT2D eigenvalue weighted by Gasteiger charge is -2.10. The first-order chi connectivity index (χ1) is 8.31. The summed E-state index contributed by atoms with van der Waals surface area (Å²) in [6, 6.07) is 10.7. The lowest BCUT2D eigenvalue weighted by molar-refractivity contribution is -0.115. The molecule has 0 unspecified atom stereocenters. The van der Waals surface area contributed by atoms with Crippen molar-refractivity contribution in [1.82, 2.24) is 0 Å². The van der Waals surface area contributed by atoms with Gasteiger partial charge in [-0.25, -0.2) is 0 Å². The van der Waals surface area contributed by atoms with Gasteiger partial charge in [-0.15, -0.1) is 11.3 Å². The fourth-order valence-corrected chi connectivity index (χ4v) is 3.47. The van der Waals surface area contributed by atoms with Crippen LogP contribution in [0.1, 0.15) is 24.1 Å². The molecule has 1 heterocycles. The number of rotatable bonds is 2. The van der Waals surface area contributed by atoms with E-state index in [9.17, 15) is 4.79 Å². The number of thiophene rings is 1. The topological polar surface area (TPSA) is 17.1 Å². The first kappa shape index (κ1) is 10.7. The summed E-state index contributed by atoms with van der Waals surface area (Å²) in [4.78, 5) is 12.7. The third-order valence-electron chi connectivity index (χ3n) is 3.16. The molecular formula is C15H14OS. The minimum absolute atomic E-state index is 0.298. The summed E-state index contributed by atoms with van der Waals surface area (Å²) < 4.78 is 1.34. The molecule has 0 radical (unpaired) electrons. The highest BCUT2D eigenvalue weighted by Crippen LogP contribution is 2.29. The highest BCUT2D eigenvalue weighted by molar-refractivity contribution is 7.19. The number of carbonyl (C=O) groups excluding carboxylic acids is 1. The number of allylic oxidation sites excluding steroid dienone is 2. The molecule has 0 bridgehead atoms. The van der Waals surface area contributed by atoms with Crippen LogP contribution in [0.5, 0.6) is 0 Å². The van der Waals surface area contributed by atoms with Crippen LogP contribution < -0.4 is 0 Å². The molecular weight excluding hydrogens is 228 g/mol. The zero-order chi connectivity index (χ0) is 11.7. The van der Waals surface area contributed by atoms with Gasteiger partial charge in [-0.2, -0.15) is 0 Å². The summed E-state index contributed by atoms with van der Waals surface area (Å²) in [5, 5.41) is 1.32. The fourth-order valence-electron chi connectivity index (χ4n) is 2.35. The number of fused-ring (bicyclic) bond motifs is 1. The maximum absolute atomic E-state index is 11.4. The van der Waals surface area contributed by atoms with Gasteiger partial charge in [0.05, 0.1) is 0 Å². The Morgan fingerprint density at radius 1 is 1.18 bits per heavy atom. The third-order valence-corrected chi connectivity index (χ3v) is 4.28. The lowest BCUT2D eigenvalue weighted by atomic mass is 9.96. The van der Waals surface area contributed by atoms with Gasteiger partial charge in [0.15, 0.2) is 5.78 Å². The maximum atomic E-state index is 11.4. The Bertz CT molecular complexity index is 559. The van der Waals surface area contributed by atoms with Crippen LogP contribution in [0.4, 0.5) is 0 Å². The van der Waals surface area contributed by atoms with Gasteiger partial charge in [0.1, 0.15) is 0 Å². The molecule has 2 heteroatoms. The number of hydrogen-bond acceptors (Lipinski definition) is 2. The molecule has 86 valence electrons. The van der Waals surface area contributed by atoms with Crippen LogP contribution >= 0.6 is 11.3 Å². The summed E-state index contributed by atoms with van der Waals surface area (Å²) in [5.41, 5.74) is 1.30. The number of carbonyl (C=O) groups is 1. The monoisotopic (exact) mass is 242 g/mol. The zero-order valence-electron chi connectivity index (χ0n) is 9.61. The van der Waals surface area contributed by atoms with Crippen molar-refractivity contribution in [3.05, 3.63) is 46.9 Å². The van der Waals surface area contributed by atoms with Crippen molar-refractivity contribution in [3.8, 4) is 0 Å². The van der Waals surface area contributed by atoms with E-state index >= 15 is 0 Å². The predicted octanol–water partition coefficient (Wildman–Crippen LogP) is 4.12. The van der Waals surface area contributed by atoms with Crippen LogP contribution in [0.25, 0.3) is 10.1 Å². The molecule has 2 aromatic rings. The molecule has 0 N–H and O–H groups in total. The van der Waals surface area contributed by atoms with Crippen LogP contribution in [-0.4, -0.2) is 5.78 Å². The molecule has 0 amide bonds. The molecule has 1 nitrogen and oxygen atoms in total. The fraction of sp³-hybridized carbons (Fsp3) is 0.267. The number of ketones is 1. The van der Waals surface area contributed by atoms with Crippen LogP contribution in [0.3, 0.4) is 0 Å². The van der Waals surface area contributed by atoms with Gasteiger partial charge in [0.2, 0.25) is 0 Å². The zero-order valence-corrected chi connectivity index (χ0v) is 10.4. The molecule has 0 aliphatic heterocycles. The molecule has 1 aliphatic rings. The van der Waals surface area contributed by atoms with E-state index in [2.05, 4.69) is 30.3 Å². The van der Waals surface area contributed by atoms with Crippen molar-refractivity contribution in [3.63, 3.8) is 0 Å². The summed E-state index contributed by atoms with van der Waals surface area (Å²) in [6.07, 6.45) is 5.64. The molecule has 3 rings (SSSR count). The quantitative estimate of drug-likeness (QED) is 0.774. The van der Waals surface area contributed by atoms with E-state index in [1.807, 2.05) is 17.4 Å². The van der Waals surface area contributed by atoms with Gasteiger partial charge in [-0.1, -0.05) is 23.8 Å². The number of benzene rings is 1. The molecule has 17 heavy (non-hydrogen) atoms. The van der Waals surface area contributed by atoms with Crippen LogP contribution in [0.2, 0.25) is 0 Å². The molecule has 0 atom stereocenters. The molecule has 1 aromatic carbocycles. The van der Waals surface area contributed by atoms with E-state index in [4.69, 9.17) is 0 Å². The smallest absolute Gasteiger partial charge is 0.155 e. The predicted molar refractivity (Wildman–Crippen MR) is 72.5 cm³/mol. The van der Waals surface area contributed by atoms with Crippen LogP contribution in [0.15, 0.2) is 42.0 Å². The summed E-state index contributed by atoms with van der Waals surface area (Å²) in [6.45, 7) is 0. The largest absolute Gasteiger partial charge is 0.295 e. The van der Waals surface area contributed by atoms with Crippen molar-refractivity contribution in [2.45, 2.75) is 25.7 Å². The minimum Gasteiger partial charge on any atom is -0.295 e. The summed E-state index contributed by atoms with van der Waals surface area (Å²) >= 11 is 1.84. The average Bonchev–Trinajstić information content (AvgIpc) is 2.71. The Labute approximate surface area is 105 Å². The van der Waals surface area contributed by atoms with E-state index in [1.165, 1.54) is 20.5 Å². The standard InChI is InChI=1S/C15H14OS/c16-13-6-3-4-11(8-13)9-14-10-12-5-1-2-7-15(12)17-14/h1-2,5,7-8,10H,3-4,6,9H2. The Morgan fingerprint density at radius 2 is 2.06 bits per heavy atom. The Kier molecular flexibility index (Phi) is 2.81. The lowest BCUT2D eigenvalue weighted by Crippen LogP contribution is -2.03. The second-order valence-electron chi connectivity index (χ2n) is 4.55. The molecule has 0 spiro atoms. The summed E-state index contributed by atoms with van der Waals surface area (Å²) in [5.74, 6) is 0.298. The number of hydrogen-bond donors (Lipinski definition) is 0. The molecule has 0 saturated heterocycles. The first-order valence-electron chi connectivity index (χ1n) is 6.01. The van der Waals surface area contributed by atoms with Crippen molar-refractivity contribution < 1.29 is 4.79 Å². The van der Waals surface area contributed by atoms with E-state index in [1.54, 1.807) is 0 Å². The summed E-state index contributed by atoms with van der Waals surface area (Å²) in [7, 11) is 0. The first-order valence-corrected chi connectivity index (χ1v) is 6.83. The second kappa shape index (κ2) is 4.46. The van der Waals surface area contributed by atoms with E-state index < -0.39 is 0 Å². The van der Waals surface area contributed by atoms with Gasteiger partial charge >= 0.3 is 0 Å². The van der Waals surface area contributed by atoms with E-state index in [0.29, 0.717) is 5.78 Å². The van der Waals surface area contributed by atoms with E-state index in [0.717, 1.165) is 25.7 Å². The van der Waals surface area contributed by atoms with Gasteiger partial charge in [-0.3, -0.25) is 4.79 Å². The van der Waals surface area contributed by atoms with Crippen LogP contribution in [0, 0.1) is 0 Å². The molecule has 1 aromatic heterocycles. The van der Waals surface area contributed by atoms with Crippen molar-refractivity contribution >= 4 is 27.2 Å². The van der Waals surface area contributed by atoms with E-state index in [-0.39, 0.29) is 0 Å². The SMILES string of the molecule is O=C1C=C(Cc2cc3ccccc3s2)CCC1. The Hall–Kier alpha value is -1.41. The minimum atomic E-state index is 0.298. The van der Waals surface area contributed by atoms with Gasteiger partial charge in [-0.05, 0) is 36.4 Å². The maximum Gasteiger partial charge on any atom is 0.155 e. The van der Waals surface area contributed by atoms with Gasteiger partial charge in [0, 0.05) is 22.4 Å². The highest BCUT2D eigenvalue weighted by atomic mass is 32.1. The molecule has 0 fully saturated rings. The molecule has 1 aliphatic carbocycles. The average molecular weight is 242 g/mol. The van der Waals surface area contributed by atoms with Crippen LogP contribution in [-0.2, 0) is 11.2 Å². The van der Waals surface area contributed by atoms with Gasteiger partial charge < -0.3 is 0 Å². The van der Waals surface area contributed by atoms with Crippen molar-refractivity contribution in [1.29, 1.82) is 0 Å². The Balaban J connectivity index is 1.87.